The summed E-state index contributed by atoms with van der Waals surface area (Å²) in [5.41, 5.74) is 5.43. The third kappa shape index (κ3) is 2.85. The molecule has 0 saturated heterocycles. The predicted molar refractivity (Wildman–Crippen MR) is 69.2 cm³/mol. The second-order valence-electron chi connectivity index (χ2n) is 3.95. The van der Waals surface area contributed by atoms with E-state index < -0.39 is 0 Å². The first-order valence-corrected chi connectivity index (χ1v) is 5.64. The van der Waals surface area contributed by atoms with Gasteiger partial charge in [-0.25, -0.2) is 0 Å². The Labute approximate surface area is 93.2 Å². The van der Waals surface area contributed by atoms with Crippen LogP contribution in [0.25, 0.3) is 5.57 Å². The van der Waals surface area contributed by atoms with Gasteiger partial charge in [-0.05, 0) is 31.9 Å². The van der Waals surface area contributed by atoms with Gasteiger partial charge in [0.25, 0.3) is 0 Å². The van der Waals surface area contributed by atoms with Gasteiger partial charge in [-0.1, -0.05) is 37.1 Å². The summed E-state index contributed by atoms with van der Waals surface area (Å²) in [5, 5.41) is 3.24. The summed E-state index contributed by atoms with van der Waals surface area (Å²) in [6, 6.07) is 8.47. The van der Waals surface area contributed by atoms with Crippen LogP contribution < -0.4 is 5.32 Å². The lowest BCUT2D eigenvalue weighted by molar-refractivity contribution is 0.906. The summed E-state index contributed by atoms with van der Waals surface area (Å²) >= 11 is 0. The molecule has 0 fully saturated rings. The van der Waals surface area contributed by atoms with Crippen molar-refractivity contribution in [3.8, 4) is 0 Å². The fraction of sp³-hybridized carbons (Fsp3) is 0.429. The molecule has 0 aliphatic rings. The van der Waals surface area contributed by atoms with Gasteiger partial charge in [0, 0.05) is 18.3 Å². The van der Waals surface area contributed by atoms with Crippen LogP contribution in [-0.2, 0) is 0 Å². The molecule has 1 N–H and O–H groups in total. The Morgan fingerprint density at radius 3 is 2.47 bits per heavy atom. The second-order valence-corrected chi connectivity index (χ2v) is 3.95. The second kappa shape index (κ2) is 5.59. The third-order valence-corrected chi connectivity index (χ3v) is 2.87. The van der Waals surface area contributed by atoms with Gasteiger partial charge in [0.05, 0.1) is 0 Å². The minimum atomic E-state index is 1.18. The van der Waals surface area contributed by atoms with Crippen molar-refractivity contribution in [1.82, 2.24) is 0 Å². The molecule has 15 heavy (non-hydrogen) atoms. The Morgan fingerprint density at radius 1 is 1.20 bits per heavy atom. The topological polar surface area (TPSA) is 12.0 Å². The molecule has 0 unspecified atom stereocenters. The zero-order valence-corrected chi connectivity index (χ0v) is 10.2. The highest BCUT2D eigenvalue weighted by Gasteiger charge is 2.04. The Bertz CT molecular complexity index is 350. The Balaban J connectivity index is 3.09. The first-order valence-electron chi connectivity index (χ1n) is 5.64. The molecule has 1 heteroatoms. The lowest BCUT2D eigenvalue weighted by Gasteiger charge is -2.12. The quantitative estimate of drug-likeness (QED) is 0.768. The van der Waals surface area contributed by atoms with E-state index in [-0.39, 0.29) is 0 Å². The maximum Gasteiger partial charge on any atom is 0.0413 e. The molecular weight excluding hydrogens is 182 g/mol. The first-order chi connectivity index (χ1) is 7.20. The highest BCUT2D eigenvalue weighted by atomic mass is 14.8. The van der Waals surface area contributed by atoms with Crippen molar-refractivity contribution in [2.24, 2.45) is 0 Å². The minimum absolute atomic E-state index is 1.18. The Hall–Kier alpha value is -1.24. The number of anilines is 1. The maximum absolute atomic E-state index is 3.24. The predicted octanol–water partition coefficient (Wildman–Crippen LogP) is 4.32. The van der Waals surface area contributed by atoms with Crippen molar-refractivity contribution in [3.05, 3.63) is 35.4 Å². The van der Waals surface area contributed by atoms with Gasteiger partial charge in [-0.2, -0.15) is 0 Å². The maximum atomic E-state index is 3.24. The fourth-order valence-electron chi connectivity index (χ4n) is 1.82. The van der Waals surface area contributed by atoms with Crippen molar-refractivity contribution in [2.45, 2.75) is 33.6 Å². The minimum Gasteiger partial charge on any atom is -0.388 e. The molecule has 0 bridgehead atoms. The molecule has 0 aliphatic heterocycles. The first kappa shape index (κ1) is 11.8. The molecule has 0 spiro atoms. The van der Waals surface area contributed by atoms with Gasteiger partial charge in [0.1, 0.15) is 0 Å². The van der Waals surface area contributed by atoms with Gasteiger partial charge in [0.15, 0.2) is 0 Å². The number of hydrogen-bond donors (Lipinski definition) is 1. The molecule has 1 nitrogen and oxygen atoms in total. The lowest BCUT2D eigenvalue weighted by atomic mass is 9.98. The number of benzene rings is 1. The molecule has 0 saturated carbocycles. The molecule has 0 radical (unpaired) electrons. The molecule has 1 aromatic rings. The van der Waals surface area contributed by atoms with Crippen LogP contribution in [0.15, 0.2) is 29.8 Å². The Morgan fingerprint density at radius 2 is 1.87 bits per heavy atom. The average molecular weight is 203 g/mol. The van der Waals surface area contributed by atoms with Crippen molar-refractivity contribution in [2.75, 3.05) is 12.4 Å². The van der Waals surface area contributed by atoms with Gasteiger partial charge >= 0.3 is 0 Å². The van der Waals surface area contributed by atoms with Gasteiger partial charge in [-0.3, -0.25) is 0 Å². The standard InChI is InChI=1S/C14H21N/c1-5-8-11(2)12(3)13-9-6-7-10-14(13)15-4/h6-7,9-10,15H,5,8H2,1-4H3. The van der Waals surface area contributed by atoms with Crippen LogP contribution in [0.4, 0.5) is 5.69 Å². The summed E-state index contributed by atoms with van der Waals surface area (Å²) < 4.78 is 0. The molecule has 0 atom stereocenters. The fourth-order valence-corrected chi connectivity index (χ4v) is 1.82. The van der Waals surface area contributed by atoms with Crippen LogP contribution in [0.2, 0.25) is 0 Å². The van der Waals surface area contributed by atoms with Crippen LogP contribution in [0.5, 0.6) is 0 Å². The molecule has 1 aromatic carbocycles. The van der Waals surface area contributed by atoms with E-state index in [0.29, 0.717) is 0 Å². The molecule has 0 amide bonds. The lowest BCUT2D eigenvalue weighted by Crippen LogP contribution is -1.94. The molecular formula is C14H21N. The summed E-state index contributed by atoms with van der Waals surface area (Å²) in [6.45, 7) is 6.66. The normalized spacial score (nSPS) is 12.3. The van der Waals surface area contributed by atoms with E-state index in [0.717, 1.165) is 0 Å². The van der Waals surface area contributed by atoms with Crippen LogP contribution in [0.1, 0.15) is 39.2 Å². The number of hydrogen-bond acceptors (Lipinski definition) is 1. The van der Waals surface area contributed by atoms with E-state index in [1.54, 1.807) is 0 Å². The smallest absolute Gasteiger partial charge is 0.0413 e. The molecule has 0 heterocycles. The molecule has 82 valence electrons. The highest BCUT2D eigenvalue weighted by molar-refractivity contribution is 5.76. The number of allylic oxidation sites excluding steroid dienone is 2. The third-order valence-electron chi connectivity index (χ3n) is 2.87. The number of nitrogens with one attached hydrogen (secondary N) is 1. The van der Waals surface area contributed by atoms with E-state index in [4.69, 9.17) is 0 Å². The number of rotatable bonds is 4. The summed E-state index contributed by atoms with van der Waals surface area (Å²) in [6.07, 6.45) is 2.40. The van der Waals surface area contributed by atoms with E-state index in [1.807, 2.05) is 7.05 Å². The van der Waals surface area contributed by atoms with Crippen molar-refractivity contribution in [1.29, 1.82) is 0 Å². The van der Waals surface area contributed by atoms with Gasteiger partial charge in [-0.15, -0.1) is 0 Å². The molecule has 0 aromatic heterocycles. The SMILES string of the molecule is CCCC(C)=C(C)c1ccccc1NC. The van der Waals surface area contributed by atoms with Crippen molar-refractivity contribution < 1.29 is 0 Å². The summed E-state index contributed by atoms with van der Waals surface area (Å²) in [5.74, 6) is 0. The average Bonchev–Trinajstić information content (AvgIpc) is 2.28. The van der Waals surface area contributed by atoms with E-state index in [2.05, 4.69) is 50.4 Å². The van der Waals surface area contributed by atoms with Crippen LogP contribution in [-0.4, -0.2) is 7.05 Å². The largest absolute Gasteiger partial charge is 0.388 e. The van der Waals surface area contributed by atoms with Gasteiger partial charge < -0.3 is 5.32 Å². The van der Waals surface area contributed by atoms with Gasteiger partial charge in [0.2, 0.25) is 0 Å². The van der Waals surface area contributed by atoms with E-state index in [1.165, 1.54) is 35.2 Å². The zero-order chi connectivity index (χ0) is 11.3. The van der Waals surface area contributed by atoms with Crippen LogP contribution in [0.3, 0.4) is 0 Å². The number of para-hydroxylation sites is 1. The highest BCUT2D eigenvalue weighted by Crippen LogP contribution is 2.27. The van der Waals surface area contributed by atoms with Crippen molar-refractivity contribution in [3.63, 3.8) is 0 Å². The van der Waals surface area contributed by atoms with Crippen LogP contribution >= 0.6 is 0 Å². The summed E-state index contributed by atoms with van der Waals surface area (Å²) in [7, 11) is 1.97. The molecule has 0 aliphatic carbocycles. The molecule has 1 rings (SSSR count). The van der Waals surface area contributed by atoms with Crippen molar-refractivity contribution >= 4 is 11.3 Å². The summed E-state index contributed by atoms with van der Waals surface area (Å²) in [4.78, 5) is 0. The monoisotopic (exact) mass is 203 g/mol. The van der Waals surface area contributed by atoms with Crippen LogP contribution in [0, 0.1) is 0 Å². The zero-order valence-electron chi connectivity index (χ0n) is 10.2. The van der Waals surface area contributed by atoms with E-state index in [9.17, 15) is 0 Å². The van der Waals surface area contributed by atoms with E-state index >= 15 is 0 Å². The Kier molecular flexibility index (Phi) is 4.41.